The highest BCUT2D eigenvalue weighted by atomic mass is 16.7. The highest BCUT2D eigenvalue weighted by Gasteiger charge is 2.67. The van der Waals surface area contributed by atoms with E-state index >= 15 is 0 Å². The summed E-state index contributed by atoms with van der Waals surface area (Å²) in [5.41, 5.74) is 0.844. The van der Waals surface area contributed by atoms with Gasteiger partial charge in [-0.15, -0.1) is 0 Å². The predicted octanol–water partition coefficient (Wildman–Crippen LogP) is 1.41. The van der Waals surface area contributed by atoms with Gasteiger partial charge < -0.3 is 24.4 Å². The summed E-state index contributed by atoms with van der Waals surface area (Å²) in [6.45, 7) is 0.904. The molecule has 1 aromatic carbocycles. The monoisotopic (exact) mass is 405 g/mol. The fourth-order valence-electron chi connectivity index (χ4n) is 4.88. The summed E-state index contributed by atoms with van der Waals surface area (Å²) in [7, 11) is 0. The quantitative estimate of drug-likeness (QED) is 0.774. The Morgan fingerprint density at radius 2 is 2.17 bits per heavy atom. The highest BCUT2D eigenvalue weighted by Crippen LogP contribution is 2.53. The van der Waals surface area contributed by atoms with E-state index in [1.165, 1.54) is 0 Å². The molecule has 4 aliphatic heterocycles. The predicted molar refractivity (Wildman–Crippen MR) is 105 cm³/mol. The molecule has 4 atom stereocenters. The number of benzene rings is 1. The SMILES string of the molecule is O=C(NCc1cccnc1)C1C2C(=O)N(c3ccc4c(c3)OCO4)C[C@@]23C=C[C@@H]1O3. The number of carbonyl (C=O) groups excluding carboxylic acids is 2. The van der Waals surface area contributed by atoms with Crippen molar-refractivity contribution in [2.24, 2.45) is 11.8 Å². The summed E-state index contributed by atoms with van der Waals surface area (Å²) in [6.07, 6.45) is 6.86. The molecule has 0 aliphatic carbocycles. The molecule has 2 aromatic rings. The zero-order valence-corrected chi connectivity index (χ0v) is 16.0. The van der Waals surface area contributed by atoms with Gasteiger partial charge in [-0.05, 0) is 23.8 Å². The van der Waals surface area contributed by atoms with Crippen LogP contribution in [0.15, 0.2) is 54.9 Å². The first-order chi connectivity index (χ1) is 14.6. The maximum Gasteiger partial charge on any atom is 0.234 e. The average molecular weight is 405 g/mol. The van der Waals surface area contributed by atoms with Crippen molar-refractivity contribution in [2.75, 3.05) is 18.2 Å². The molecule has 2 unspecified atom stereocenters. The number of ether oxygens (including phenoxy) is 3. The molecule has 2 saturated heterocycles. The van der Waals surface area contributed by atoms with Gasteiger partial charge in [0.1, 0.15) is 5.60 Å². The van der Waals surface area contributed by atoms with Crippen molar-refractivity contribution in [2.45, 2.75) is 18.2 Å². The lowest BCUT2D eigenvalue weighted by atomic mass is 9.77. The van der Waals surface area contributed by atoms with E-state index in [0.29, 0.717) is 30.3 Å². The molecular formula is C22H19N3O5. The maximum absolute atomic E-state index is 13.4. The van der Waals surface area contributed by atoms with Crippen LogP contribution in [0.2, 0.25) is 0 Å². The summed E-state index contributed by atoms with van der Waals surface area (Å²) in [5, 5.41) is 2.94. The highest BCUT2D eigenvalue weighted by molar-refractivity contribution is 6.03. The Bertz CT molecular complexity index is 1070. The molecule has 1 N–H and O–H groups in total. The van der Waals surface area contributed by atoms with Gasteiger partial charge in [0.15, 0.2) is 11.5 Å². The van der Waals surface area contributed by atoms with E-state index in [9.17, 15) is 9.59 Å². The minimum absolute atomic E-state index is 0.109. The number of anilines is 1. The van der Waals surface area contributed by atoms with Crippen molar-refractivity contribution in [3.8, 4) is 11.5 Å². The van der Waals surface area contributed by atoms with Crippen LogP contribution >= 0.6 is 0 Å². The largest absolute Gasteiger partial charge is 0.454 e. The molecule has 8 nitrogen and oxygen atoms in total. The van der Waals surface area contributed by atoms with E-state index in [2.05, 4.69) is 10.3 Å². The van der Waals surface area contributed by atoms with Crippen LogP contribution in [0, 0.1) is 11.8 Å². The lowest BCUT2D eigenvalue weighted by Gasteiger charge is -2.23. The van der Waals surface area contributed by atoms with E-state index < -0.39 is 17.4 Å². The first-order valence-corrected chi connectivity index (χ1v) is 9.89. The third kappa shape index (κ3) is 2.46. The third-order valence-corrected chi connectivity index (χ3v) is 6.26. The summed E-state index contributed by atoms with van der Waals surface area (Å²) >= 11 is 0. The number of amides is 2. The first kappa shape index (κ1) is 17.5. The zero-order valence-electron chi connectivity index (χ0n) is 16.0. The molecular weight excluding hydrogens is 386 g/mol. The molecule has 5 heterocycles. The molecule has 1 aromatic heterocycles. The molecule has 30 heavy (non-hydrogen) atoms. The Morgan fingerprint density at radius 3 is 3.03 bits per heavy atom. The number of nitrogens with zero attached hydrogens (tertiary/aromatic N) is 2. The summed E-state index contributed by atoms with van der Waals surface area (Å²) in [4.78, 5) is 32.2. The Hall–Kier alpha value is -3.39. The fraction of sp³-hybridized carbons (Fsp3) is 0.318. The number of pyridine rings is 1. The molecule has 1 spiro atoms. The van der Waals surface area contributed by atoms with Crippen LogP contribution in [-0.4, -0.2) is 41.8 Å². The van der Waals surface area contributed by atoms with Gasteiger partial charge in [-0.25, -0.2) is 0 Å². The molecule has 152 valence electrons. The Morgan fingerprint density at radius 1 is 1.27 bits per heavy atom. The summed E-state index contributed by atoms with van der Waals surface area (Å²) in [6, 6.07) is 9.14. The van der Waals surface area contributed by atoms with Crippen LogP contribution in [0.4, 0.5) is 5.69 Å². The standard InChI is InChI=1S/C22H19N3O5/c26-20(24-10-13-2-1-7-23-9-13)18-16-5-6-22(30-16)11-25(21(27)19(18)22)14-3-4-15-17(8-14)29-12-28-15/h1-9,16,18-19H,10-12H2,(H,24,26)/t16-,18?,19?,22-/m0/s1. The first-order valence-electron chi connectivity index (χ1n) is 9.89. The minimum Gasteiger partial charge on any atom is -0.454 e. The van der Waals surface area contributed by atoms with Gasteiger partial charge in [-0.3, -0.25) is 14.6 Å². The van der Waals surface area contributed by atoms with Crippen molar-refractivity contribution in [1.29, 1.82) is 0 Å². The lowest BCUT2D eigenvalue weighted by molar-refractivity contribution is -0.132. The van der Waals surface area contributed by atoms with Gasteiger partial charge in [0.05, 0.1) is 24.5 Å². The second kappa shape index (κ2) is 6.30. The maximum atomic E-state index is 13.4. The van der Waals surface area contributed by atoms with Crippen LogP contribution in [0.3, 0.4) is 0 Å². The van der Waals surface area contributed by atoms with E-state index in [4.69, 9.17) is 14.2 Å². The molecule has 2 bridgehead atoms. The number of fused-ring (bicyclic) bond motifs is 2. The molecule has 2 fully saturated rings. The van der Waals surface area contributed by atoms with Crippen LogP contribution in [0.5, 0.6) is 11.5 Å². The average Bonchev–Trinajstić information content (AvgIpc) is 3.53. The van der Waals surface area contributed by atoms with Gasteiger partial charge in [0.2, 0.25) is 18.6 Å². The van der Waals surface area contributed by atoms with Crippen molar-refractivity contribution in [3.05, 3.63) is 60.4 Å². The zero-order chi connectivity index (χ0) is 20.3. The number of nitrogens with one attached hydrogen (secondary N) is 1. The second-order valence-electron chi connectivity index (χ2n) is 7.94. The van der Waals surface area contributed by atoms with Crippen LogP contribution in [-0.2, 0) is 20.9 Å². The Labute approximate surface area is 172 Å². The van der Waals surface area contributed by atoms with Gasteiger partial charge in [-0.1, -0.05) is 18.2 Å². The van der Waals surface area contributed by atoms with E-state index in [1.807, 2.05) is 30.4 Å². The van der Waals surface area contributed by atoms with Crippen molar-refractivity contribution in [1.82, 2.24) is 10.3 Å². The fourth-order valence-corrected chi connectivity index (χ4v) is 4.88. The molecule has 2 amide bonds. The van der Waals surface area contributed by atoms with Gasteiger partial charge in [-0.2, -0.15) is 0 Å². The number of hydrogen-bond acceptors (Lipinski definition) is 6. The lowest BCUT2D eigenvalue weighted by Crippen LogP contribution is -2.44. The number of rotatable bonds is 4. The van der Waals surface area contributed by atoms with E-state index in [0.717, 1.165) is 5.56 Å². The van der Waals surface area contributed by atoms with Gasteiger partial charge in [0.25, 0.3) is 0 Å². The van der Waals surface area contributed by atoms with Gasteiger partial charge >= 0.3 is 0 Å². The summed E-state index contributed by atoms with van der Waals surface area (Å²) in [5.74, 6) is -0.122. The van der Waals surface area contributed by atoms with Gasteiger partial charge in [0, 0.05) is 30.7 Å². The topological polar surface area (TPSA) is 90.0 Å². The minimum atomic E-state index is -0.769. The summed E-state index contributed by atoms with van der Waals surface area (Å²) < 4.78 is 17.0. The number of hydrogen-bond donors (Lipinski definition) is 1. The Balaban J connectivity index is 1.25. The van der Waals surface area contributed by atoms with E-state index in [-0.39, 0.29) is 24.7 Å². The molecule has 6 rings (SSSR count). The van der Waals surface area contributed by atoms with Crippen LogP contribution in [0.25, 0.3) is 0 Å². The smallest absolute Gasteiger partial charge is 0.234 e. The molecule has 8 heteroatoms. The van der Waals surface area contributed by atoms with Crippen molar-refractivity contribution < 1.29 is 23.8 Å². The van der Waals surface area contributed by atoms with Crippen LogP contribution in [0.1, 0.15) is 5.56 Å². The number of aromatic nitrogens is 1. The third-order valence-electron chi connectivity index (χ3n) is 6.26. The molecule has 0 saturated carbocycles. The molecule has 4 aliphatic rings. The van der Waals surface area contributed by atoms with Crippen molar-refractivity contribution in [3.63, 3.8) is 0 Å². The van der Waals surface area contributed by atoms with E-state index in [1.54, 1.807) is 29.4 Å². The van der Waals surface area contributed by atoms with Crippen LogP contribution < -0.4 is 19.7 Å². The molecule has 0 radical (unpaired) electrons. The Kier molecular flexibility index (Phi) is 3.67. The number of carbonyl (C=O) groups is 2. The van der Waals surface area contributed by atoms with Crippen molar-refractivity contribution >= 4 is 17.5 Å². The normalized spacial score (nSPS) is 30.1. The second-order valence-corrected chi connectivity index (χ2v) is 7.94.